The summed E-state index contributed by atoms with van der Waals surface area (Å²) in [5, 5.41) is 0. The van der Waals surface area contributed by atoms with E-state index in [2.05, 4.69) is 227 Å². The lowest BCUT2D eigenvalue weighted by Gasteiger charge is -2.18. The molecule has 0 aromatic rings. The summed E-state index contributed by atoms with van der Waals surface area (Å²) in [4.78, 5) is 38.3. The summed E-state index contributed by atoms with van der Waals surface area (Å²) in [5.41, 5.74) is 0. The van der Waals surface area contributed by atoms with Crippen LogP contribution in [0.1, 0.15) is 226 Å². The minimum absolute atomic E-state index is 0.133. The second-order valence-electron chi connectivity index (χ2n) is 19.8. The largest absolute Gasteiger partial charge is 0.462 e. The van der Waals surface area contributed by atoms with Crippen LogP contribution in [0.4, 0.5) is 0 Å². The Morgan fingerprint density at radius 3 is 0.741 bits per heavy atom. The van der Waals surface area contributed by atoms with Crippen molar-refractivity contribution in [3.63, 3.8) is 0 Å². The number of hydrogen-bond donors (Lipinski definition) is 0. The van der Waals surface area contributed by atoms with E-state index >= 15 is 0 Å². The van der Waals surface area contributed by atoms with Gasteiger partial charge in [-0.3, -0.25) is 14.4 Å². The molecule has 0 aliphatic rings. The number of carbonyl (C=O) groups excluding carboxylic acids is 3. The van der Waals surface area contributed by atoms with Crippen molar-refractivity contribution in [3.05, 3.63) is 207 Å². The molecule has 0 heterocycles. The van der Waals surface area contributed by atoms with Gasteiger partial charge in [-0.15, -0.1) is 0 Å². The Hall–Kier alpha value is -6.01. The lowest BCUT2D eigenvalue weighted by molar-refractivity contribution is -0.167. The SMILES string of the molecule is CC/C=C\C/C=C\C/C=C\C/C=C\C/C=C\C/C=C\C/C=C\CCCCCCCC(=O)OCC(COC(=O)CCCCC/C=C\C/C=C\C/C=C\CC)OC(=O)CCC/C=C\C/C=C\C/C=C\C/C=C\C/C=C\C/C=C\C/C=C\CC. The fourth-order valence-corrected chi connectivity index (χ4v) is 7.66. The molecule has 6 heteroatoms. The minimum atomic E-state index is -0.844. The van der Waals surface area contributed by atoms with E-state index in [1.54, 1.807) is 0 Å². The molecule has 0 radical (unpaired) electrons. The number of allylic oxidation sites excluding steroid dienone is 34. The molecule has 1 atom stereocenters. The summed E-state index contributed by atoms with van der Waals surface area (Å²) >= 11 is 0. The van der Waals surface area contributed by atoms with Gasteiger partial charge in [-0.1, -0.05) is 253 Å². The molecule has 0 spiro atoms. The topological polar surface area (TPSA) is 78.9 Å². The summed E-state index contributed by atoms with van der Waals surface area (Å²) in [6.07, 6.45) is 103. The second kappa shape index (κ2) is 66.5. The number of carbonyl (C=O) groups is 3. The molecule has 448 valence electrons. The lowest BCUT2D eigenvalue weighted by atomic mass is 10.1. The highest BCUT2D eigenvalue weighted by Gasteiger charge is 2.19. The van der Waals surface area contributed by atoms with E-state index in [-0.39, 0.29) is 31.6 Å². The maximum Gasteiger partial charge on any atom is 0.306 e. The van der Waals surface area contributed by atoms with Gasteiger partial charge >= 0.3 is 17.9 Å². The maximum atomic E-state index is 12.9. The summed E-state index contributed by atoms with van der Waals surface area (Å²) in [6, 6.07) is 0. The van der Waals surface area contributed by atoms with Gasteiger partial charge in [-0.2, -0.15) is 0 Å². The van der Waals surface area contributed by atoms with Gasteiger partial charge in [0.1, 0.15) is 13.2 Å². The summed E-state index contributed by atoms with van der Waals surface area (Å²) < 4.78 is 16.8. The fraction of sp³-hybridized carbons (Fsp3) is 0.507. The van der Waals surface area contributed by atoms with Crippen LogP contribution < -0.4 is 0 Å². The average molecular weight is 1110 g/mol. The van der Waals surface area contributed by atoms with E-state index in [4.69, 9.17) is 14.2 Å². The van der Waals surface area contributed by atoms with Gasteiger partial charge in [0.25, 0.3) is 0 Å². The molecule has 0 rings (SSSR count). The Bertz CT molecular complexity index is 2000. The zero-order chi connectivity index (χ0) is 58.5. The highest BCUT2D eigenvalue weighted by Crippen LogP contribution is 2.12. The normalized spacial score (nSPS) is 13.6. The van der Waals surface area contributed by atoms with E-state index < -0.39 is 12.1 Å². The Morgan fingerprint density at radius 1 is 0.247 bits per heavy atom. The van der Waals surface area contributed by atoms with Gasteiger partial charge in [0.15, 0.2) is 6.10 Å². The van der Waals surface area contributed by atoms with Gasteiger partial charge in [0.2, 0.25) is 0 Å². The van der Waals surface area contributed by atoms with E-state index in [0.717, 1.165) is 180 Å². The van der Waals surface area contributed by atoms with Crippen molar-refractivity contribution in [2.24, 2.45) is 0 Å². The molecule has 0 aliphatic heterocycles. The van der Waals surface area contributed by atoms with Crippen LogP contribution in [-0.2, 0) is 28.6 Å². The lowest BCUT2D eigenvalue weighted by Crippen LogP contribution is -2.30. The van der Waals surface area contributed by atoms with E-state index in [1.807, 2.05) is 0 Å². The molecule has 6 nitrogen and oxygen atoms in total. The minimum Gasteiger partial charge on any atom is -0.462 e. The third-order valence-corrected chi connectivity index (χ3v) is 12.3. The molecule has 0 fully saturated rings. The number of unbranched alkanes of at least 4 members (excludes halogenated alkanes) is 9. The van der Waals surface area contributed by atoms with Crippen LogP contribution in [-0.4, -0.2) is 37.2 Å². The first kappa shape index (κ1) is 75.0. The Labute approximate surface area is 496 Å². The van der Waals surface area contributed by atoms with Gasteiger partial charge in [-0.25, -0.2) is 0 Å². The van der Waals surface area contributed by atoms with Crippen molar-refractivity contribution in [1.29, 1.82) is 0 Å². The second-order valence-corrected chi connectivity index (χ2v) is 19.8. The molecule has 0 aromatic carbocycles. The zero-order valence-electron chi connectivity index (χ0n) is 51.2. The zero-order valence-corrected chi connectivity index (χ0v) is 51.2. The van der Waals surface area contributed by atoms with Crippen LogP contribution in [0.25, 0.3) is 0 Å². The summed E-state index contributed by atoms with van der Waals surface area (Å²) in [5.74, 6) is -1.05. The van der Waals surface area contributed by atoms with Crippen LogP contribution in [0, 0.1) is 0 Å². The van der Waals surface area contributed by atoms with Crippen molar-refractivity contribution in [2.45, 2.75) is 232 Å². The van der Waals surface area contributed by atoms with E-state index in [1.165, 1.54) is 0 Å². The first-order valence-corrected chi connectivity index (χ1v) is 31.6. The molecule has 0 N–H and O–H groups in total. The third kappa shape index (κ3) is 64.7. The molecule has 81 heavy (non-hydrogen) atoms. The molecule has 0 saturated heterocycles. The Morgan fingerprint density at radius 2 is 0.457 bits per heavy atom. The van der Waals surface area contributed by atoms with Gasteiger partial charge < -0.3 is 14.2 Å². The molecule has 0 saturated carbocycles. The number of hydrogen-bond acceptors (Lipinski definition) is 6. The van der Waals surface area contributed by atoms with E-state index in [9.17, 15) is 14.4 Å². The van der Waals surface area contributed by atoms with Gasteiger partial charge in [-0.05, 0) is 161 Å². The van der Waals surface area contributed by atoms with E-state index in [0.29, 0.717) is 19.3 Å². The molecular weight excluding hydrogens is 997 g/mol. The van der Waals surface area contributed by atoms with Crippen molar-refractivity contribution in [3.8, 4) is 0 Å². The predicted molar refractivity (Wildman–Crippen MR) is 352 cm³/mol. The van der Waals surface area contributed by atoms with Crippen LogP contribution in [0.5, 0.6) is 0 Å². The summed E-state index contributed by atoms with van der Waals surface area (Å²) in [6.45, 7) is 6.18. The van der Waals surface area contributed by atoms with Crippen molar-refractivity contribution in [2.75, 3.05) is 13.2 Å². The smallest absolute Gasteiger partial charge is 0.306 e. The molecule has 1 unspecified atom stereocenters. The van der Waals surface area contributed by atoms with Crippen LogP contribution in [0.2, 0.25) is 0 Å². The van der Waals surface area contributed by atoms with Crippen LogP contribution in [0.3, 0.4) is 0 Å². The number of rotatable bonds is 54. The molecule has 0 aliphatic carbocycles. The monoisotopic (exact) mass is 1110 g/mol. The molecule has 0 bridgehead atoms. The average Bonchev–Trinajstić information content (AvgIpc) is 3.46. The Kier molecular flexibility index (Phi) is 61.6. The van der Waals surface area contributed by atoms with Crippen molar-refractivity contribution in [1.82, 2.24) is 0 Å². The highest BCUT2D eigenvalue weighted by molar-refractivity contribution is 5.71. The predicted octanol–water partition coefficient (Wildman–Crippen LogP) is 22.0. The third-order valence-electron chi connectivity index (χ3n) is 12.3. The molecular formula is C75H112O6. The highest BCUT2D eigenvalue weighted by atomic mass is 16.6. The molecule has 0 amide bonds. The first-order valence-electron chi connectivity index (χ1n) is 31.6. The van der Waals surface area contributed by atoms with Gasteiger partial charge in [0, 0.05) is 19.3 Å². The Balaban J connectivity index is 4.55. The van der Waals surface area contributed by atoms with Gasteiger partial charge in [0.05, 0.1) is 0 Å². The van der Waals surface area contributed by atoms with Crippen molar-refractivity contribution >= 4 is 17.9 Å². The number of ether oxygens (including phenoxy) is 3. The van der Waals surface area contributed by atoms with Crippen molar-refractivity contribution < 1.29 is 28.6 Å². The standard InChI is InChI=1S/C75H112O6/c1-4-7-10-13-16-19-22-25-27-29-31-33-35-36-37-38-40-41-43-45-47-50-53-56-59-62-65-68-74(77)80-71-72(70-79-73(76)67-64-61-58-55-52-49-24-21-18-15-12-9-6-3)81-75(78)69-66-63-60-57-54-51-48-46-44-42-39-34-32-30-28-26-23-20-17-14-11-8-5-2/h7-12,16-21,25-28,31-34,36-37,40-42,44-45,47-49,51-52,57,60,72H,4-6,13-15,22-24,29-30,35,38-39,43,46,50,53-56,58-59,61-71H2,1-3H3/b10-7-,11-8-,12-9-,19-16-,20-17-,21-18-,27-25-,28-26-,33-31-,34-32-,37-36-,41-40-,44-42-,47-45-,51-48-,52-49-,60-57-. The molecule has 0 aromatic heterocycles. The first-order chi connectivity index (χ1) is 40.0. The fourth-order valence-electron chi connectivity index (χ4n) is 7.66. The summed E-state index contributed by atoms with van der Waals surface area (Å²) in [7, 11) is 0. The maximum absolute atomic E-state index is 12.9. The van der Waals surface area contributed by atoms with Crippen LogP contribution in [0.15, 0.2) is 207 Å². The quantitative estimate of drug-likeness (QED) is 0.0261. The van der Waals surface area contributed by atoms with Crippen LogP contribution >= 0.6 is 0 Å². The number of esters is 3.